The molecule has 0 amide bonds. The third-order valence-electron chi connectivity index (χ3n) is 3.94. The number of halogens is 1. The first kappa shape index (κ1) is 15.1. The van der Waals surface area contributed by atoms with Gasteiger partial charge in [0, 0.05) is 5.56 Å². The average Bonchev–Trinajstić information content (AvgIpc) is 2.98. The van der Waals surface area contributed by atoms with Crippen LogP contribution in [0.4, 0.5) is 4.39 Å². The third-order valence-corrected chi connectivity index (χ3v) is 4.98. The first-order valence-corrected chi connectivity index (χ1v) is 8.54. The fourth-order valence-corrected chi connectivity index (χ4v) is 3.55. The normalized spacial score (nSPS) is 16.6. The van der Waals surface area contributed by atoms with E-state index >= 15 is 0 Å². The maximum Gasteiger partial charge on any atom is 0.213 e. The summed E-state index contributed by atoms with van der Waals surface area (Å²) in [7, 11) is 0. The van der Waals surface area contributed by atoms with Gasteiger partial charge in [-0.05, 0) is 43.7 Å². The molecule has 4 rings (SSSR count). The van der Waals surface area contributed by atoms with Gasteiger partial charge < -0.3 is 0 Å². The van der Waals surface area contributed by atoms with Crippen molar-refractivity contribution >= 4 is 17.5 Å². The van der Waals surface area contributed by atoms with E-state index in [1.165, 1.54) is 17.7 Å². The number of aryl methyl sites for hydroxylation is 1. The van der Waals surface area contributed by atoms with Crippen LogP contribution in [0, 0.1) is 12.7 Å². The van der Waals surface area contributed by atoms with Crippen molar-refractivity contribution in [1.29, 1.82) is 0 Å². The molecule has 0 N–H and O–H groups in total. The van der Waals surface area contributed by atoms with E-state index in [-0.39, 0.29) is 11.1 Å². The van der Waals surface area contributed by atoms with E-state index in [4.69, 9.17) is 5.10 Å². The van der Waals surface area contributed by atoms with Gasteiger partial charge in [0.25, 0.3) is 0 Å². The summed E-state index contributed by atoms with van der Waals surface area (Å²) >= 11 is 1.62. The second-order valence-electron chi connectivity index (χ2n) is 5.74. The minimum absolute atomic E-state index is 0.186. The summed E-state index contributed by atoms with van der Waals surface area (Å²) in [5.41, 5.74) is 4.07. The van der Waals surface area contributed by atoms with Crippen molar-refractivity contribution in [2.45, 2.75) is 24.3 Å². The van der Waals surface area contributed by atoms with Crippen molar-refractivity contribution in [2.75, 3.05) is 0 Å². The van der Waals surface area contributed by atoms with E-state index in [0.29, 0.717) is 5.82 Å². The summed E-state index contributed by atoms with van der Waals surface area (Å²) in [6, 6.07) is 14.5. The second-order valence-corrected chi connectivity index (χ2v) is 7.04. The quantitative estimate of drug-likeness (QED) is 0.705. The fraction of sp³-hybridized carbons (Fsp3) is 0.167. The molecule has 1 aromatic heterocycles. The summed E-state index contributed by atoms with van der Waals surface area (Å²) in [5.74, 6) is 0.345. The molecule has 0 bridgehead atoms. The van der Waals surface area contributed by atoms with E-state index < -0.39 is 0 Å². The zero-order chi connectivity index (χ0) is 16.7. The number of nitrogens with zero attached hydrogens (tertiary/aromatic N) is 4. The van der Waals surface area contributed by atoms with Crippen molar-refractivity contribution in [3.05, 3.63) is 65.5 Å². The molecule has 4 nitrogen and oxygen atoms in total. The highest BCUT2D eigenvalue weighted by Gasteiger charge is 2.26. The molecule has 2 heterocycles. The number of thioether (sulfide) groups is 1. The monoisotopic (exact) mass is 338 g/mol. The van der Waals surface area contributed by atoms with E-state index in [1.807, 2.05) is 0 Å². The van der Waals surface area contributed by atoms with Crippen LogP contribution < -0.4 is 0 Å². The molecule has 0 spiro atoms. The molecule has 0 saturated heterocycles. The molecular formula is C18H15FN4S. The Kier molecular flexibility index (Phi) is 3.69. The number of hydrogen-bond donors (Lipinski definition) is 0. The van der Waals surface area contributed by atoms with Gasteiger partial charge in [-0.3, -0.25) is 0 Å². The number of benzene rings is 2. The number of rotatable bonds is 2. The predicted molar refractivity (Wildman–Crippen MR) is 93.8 cm³/mol. The smallest absolute Gasteiger partial charge is 0.207 e. The zero-order valence-electron chi connectivity index (χ0n) is 13.3. The fourth-order valence-electron chi connectivity index (χ4n) is 2.63. The second kappa shape index (κ2) is 5.87. The summed E-state index contributed by atoms with van der Waals surface area (Å²) in [4.78, 5) is 0. The minimum Gasteiger partial charge on any atom is -0.207 e. The molecule has 1 aliphatic heterocycles. The maximum atomic E-state index is 13.2. The van der Waals surface area contributed by atoms with Gasteiger partial charge in [0.2, 0.25) is 5.16 Å². The standard InChI is InChI=1S/C18H15FN4S/c1-11-3-5-13(6-4-11)16-12(2)24-18-21-20-17(23(18)22-16)14-7-9-15(19)10-8-14/h3-10,12H,1-2H3/t12-/m1/s1. The molecule has 0 radical (unpaired) electrons. The predicted octanol–water partition coefficient (Wildman–Crippen LogP) is 4.14. The SMILES string of the molecule is Cc1ccc(C2=Nn3c(nnc3-c3ccc(F)cc3)S[C@@H]2C)cc1. The summed E-state index contributed by atoms with van der Waals surface area (Å²) in [6.45, 7) is 4.17. The Hall–Kier alpha value is -2.47. The lowest BCUT2D eigenvalue weighted by Gasteiger charge is -2.20. The van der Waals surface area contributed by atoms with Crippen LogP contribution in [0.2, 0.25) is 0 Å². The van der Waals surface area contributed by atoms with Crippen LogP contribution in [-0.2, 0) is 0 Å². The van der Waals surface area contributed by atoms with Crippen molar-refractivity contribution < 1.29 is 4.39 Å². The Labute approximate surface area is 143 Å². The molecule has 1 atom stereocenters. The van der Waals surface area contributed by atoms with Crippen LogP contribution in [0.15, 0.2) is 58.8 Å². The molecule has 0 aliphatic carbocycles. The van der Waals surface area contributed by atoms with Crippen molar-refractivity contribution in [1.82, 2.24) is 14.9 Å². The highest BCUT2D eigenvalue weighted by molar-refractivity contribution is 8.00. The Morgan fingerprint density at radius 1 is 0.958 bits per heavy atom. The molecule has 24 heavy (non-hydrogen) atoms. The van der Waals surface area contributed by atoms with E-state index in [0.717, 1.165) is 22.0 Å². The lowest BCUT2D eigenvalue weighted by atomic mass is 10.1. The maximum absolute atomic E-state index is 13.2. The Balaban J connectivity index is 1.81. The Morgan fingerprint density at radius 3 is 2.33 bits per heavy atom. The minimum atomic E-state index is -0.274. The molecule has 120 valence electrons. The van der Waals surface area contributed by atoms with Crippen LogP contribution in [0.3, 0.4) is 0 Å². The van der Waals surface area contributed by atoms with Gasteiger partial charge in [-0.25, -0.2) is 4.39 Å². The molecule has 0 saturated carbocycles. The number of aromatic nitrogens is 3. The van der Waals surface area contributed by atoms with Gasteiger partial charge in [-0.1, -0.05) is 41.6 Å². The highest BCUT2D eigenvalue weighted by atomic mass is 32.2. The summed E-state index contributed by atoms with van der Waals surface area (Å²) in [6.07, 6.45) is 0. The number of fused-ring (bicyclic) bond motifs is 1. The molecule has 0 fully saturated rings. The van der Waals surface area contributed by atoms with Crippen LogP contribution >= 0.6 is 11.8 Å². The van der Waals surface area contributed by atoms with Crippen LogP contribution in [0.5, 0.6) is 0 Å². The third kappa shape index (κ3) is 2.63. The van der Waals surface area contributed by atoms with E-state index in [9.17, 15) is 4.39 Å². The van der Waals surface area contributed by atoms with E-state index in [2.05, 4.69) is 48.3 Å². The molecule has 2 aromatic carbocycles. The topological polar surface area (TPSA) is 43.1 Å². The largest absolute Gasteiger partial charge is 0.213 e. The van der Waals surface area contributed by atoms with Gasteiger partial charge in [0.15, 0.2) is 5.82 Å². The average molecular weight is 338 g/mol. The Morgan fingerprint density at radius 2 is 1.62 bits per heavy atom. The van der Waals surface area contributed by atoms with E-state index in [1.54, 1.807) is 28.6 Å². The highest BCUT2D eigenvalue weighted by Crippen LogP contribution is 2.32. The first-order chi connectivity index (χ1) is 11.6. The van der Waals surface area contributed by atoms with Crippen LogP contribution in [0.25, 0.3) is 11.4 Å². The molecule has 1 aliphatic rings. The van der Waals surface area contributed by atoms with Crippen LogP contribution in [0.1, 0.15) is 18.1 Å². The lowest BCUT2D eigenvalue weighted by Crippen LogP contribution is -2.21. The van der Waals surface area contributed by atoms with Crippen molar-refractivity contribution in [3.8, 4) is 11.4 Å². The summed E-state index contributed by atoms with van der Waals surface area (Å²) in [5, 5.41) is 14.2. The molecular weight excluding hydrogens is 323 g/mol. The van der Waals surface area contributed by atoms with Crippen LogP contribution in [-0.4, -0.2) is 25.8 Å². The zero-order valence-corrected chi connectivity index (χ0v) is 14.1. The van der Waals surface area contributed by atoms with Crippen molar-refractivity contribution in [2.24, 2.45) is 5.10 Å². The summed E-state index contributed by atoms with van der Waals surface area (Å²) < 4.78 is 14.9. The van der Waals surface area contributed by atoms with Gasteiger partial charge in [0.1, 0.15) is 5.82 Å². The first-order valence-electron chi connectivity index (χ1n) is 7.66. The van der Waals surface area contributed by atoms with Gasteiger partial charge in [0.05, 0.1) is 11.0 Å². The molecule has 0 unspecified atom stereocenters. The van der Waals surface area contributed by atoms with Gasteiger partial charge in [-0.15, -0.1) is 10.2 Å². The lowest BCUT2D eigenvalue weighted by molar-refractivity contribution is 0.628. The van der Waals surface area contributed by atoms with Gasteiger partial charge in [-0.2, -0.15) is 9.78 Å². The number of hydrogen-bond acceptors (Lipinski definition) is 4. The molecule has 3 aromatic rings. The van der Waals surface area contributed by atoms with Crippen molar-refractivity contribution in [3.63, 3.8) is 0 Å². The Bertz CT molecular complexity index is 913. The molecule has 6 heteroatoms. The van der Waals surface area contributed by atoms with Gasteiger partial charge >= 0.3 is 0 Å².